The van der Waals surface area contributed by atoms with Gasteiger partial charge in [-0.15, -0.1) is 0 Å². The number of ether oxygens (including phenoxy) is 4. The minimum absolute atomic E-state index is 0.0645. The van der Waals surface area contributed by atoms with E-state index in [1.54, 1.807) is 46.6 Å². The zero-order valence-corrected chi connectivity index (χ0v) is 23.3. The van der Waals surface area contributed by atoms with Gasteiger partial charge in [-0.05, 0) is 47.5 Å². The Morgan fingerprint density at radius 3 is 1.82 bits per heavy atom. The molecule has 0 amide bonds. The first kappa shape index (κ1) is 27.7. The molecule has 1 heterocycles. The van der Waals surface area contributed by atoms with E-state index >= 15 is 0 Å². The van der Waals surface area contributed by atoms with Crippen LogP contribution in [0.15, 0.2) is 59.6 Å². The molecule has 3 aromatic rings. The van der Waals surface area contributed by atoms with E-state index in [-0.39, 0.29) is 12.6 Å². The summed E-state index contributed by atoms with van der Waals surface area (Å²) in [6.07, 6.45) is 0. The number of aliphatic hydroxyl groups is 1. The molecule has 1 aliphatic heterocycles. The Kier molecular flexibility index (Phi) is 9.09. The standard InChI is InChI=1S/C28H31Cl2N3O5/c1-35-23-10-8-18(12-25(23)37-3)14-32-16-20(17-34)33(15-19-9-11-24(36-2)26(13-19)38-4)28(32)31-27-21(29)6-5-7-22(27)30/h5-13,20,34H,14-17H2,1-4H3. The van der Waals surface area contributed by atoms with Gasteiger partial charge in [0.15, 0.2) is 23.0 Å². The lowest BCUT2D eigenvalue weighted by molar-refractivity contribution is 0.190. The third-order valence-electron chi connectivity index (χ3n) is 6.39. The minimum Gasteiger partial charge on any atom is -0.493 e. The van der Waals surface area contributed by atoms with Gasteiger partial charge in [-0.25, -0.2) is 4.99 Å². The number of methoxy groups -OCH3 is 4. The second kappa shape index (κ2) is 12.5. The van der Waals surface area contributed by atoms with E-state index in [1.807, 2.05) is 36.4 Å². The molecular weight excluding hydrogens is 529 g/mol. The van der Waals surface area contributed by atoms with Crippen molar-refractivity contribution in [1.82, 2.24) is 9.80 Å². The third kappa shape index (κ3) is 5.88. The number of para-hydroxylation sites is 1. The minimum atomic E-state index is -0.219. The van der Waals surface area contributed by atoms with Crippen LogP contribution in [0.4, 0.5) is 5.69 Å². The zero-order chi connectivity index (χ0) is 27.2. The molecule has 1 aliphatic rings. The molecule has 0 aliphatic carbocycles. The van der Waals surface area contributed by atoms with Gasteiger partial charge in [0.2, 0.25) is 5.96 Å². The normalized spacial score (nSPS) is 16.2. The van der Waals surface area contributed by atoms with Gasteiger partial charge in [0.25, 0.3) is 0 Å². The SMILES string of the molecule is COc1ccc(CN2CC(CO)N(Cc3ccc(OC)c(OC)c3)C2=Nc2c(Cl)cccc2Cl)cc1OC. The van der Waals surface area contributed by atoms with Crippen LogP contribution in [0, 0.1) is 0 Å². The molecule has 0 spiro atoms. The number of nitrogens with zero attached hydrogens (tertiary/aromatic N) is 3. The van der Waals surface area contributed by atoms with Gasteiger partial charge in [-0.3, -0.25) is 0 Å². The van der Waals surface area contributed by atoms with Gasteiger partial charge in [0.1, 0.15) is 5.69 Å². The molecule has 8 nitrogen and oxygen atoms in total. The molecule has 0 saturated carbocycles. The molecule has 1 saturated heterocycles. The summed E-state index contributed by atoms with van der Waals surface area (Å²) in [5, 5.41) is 11.2. The summed E-state index contributed by atoms with van der Waals surface area (Å²) in [6.45, 7) is 1.46. The number of aliphatic imine (C=N–C) groups is 1. The van der Waals surface area contributed by atoms with Gasteiger partial charge in [0, 0.05) is 19.6 Å². The highest BCUT2D eigenvalue weighted by Gasteiger charge is 2.36. The van der Waals surface area contributed by atoms with E-state index in [4.69, 9.17) is 47.1 Å². The second-order valence-corrected chi connectivity index (χ2v) is 9.52. The van der Waals surface area contributed by atoms with Crippen molar-refractivity contribution in [2.45, 2.75) is 19.1 Å². The van der Waals surface area contributed by atoms with Crippen molar-refractivity contribution in [3.63, 3.8) is 0 Å². The van der Waals surface area contributed by atoms with Gasteiger partial charge < -0.3 is 33.9 Å². The van der Waals surface area contributed by atoms with Crippen LogP contribution in [-0.4, -0.2) is 68.5 Å². The maximum absolute atomic E-state index is 10.4. The van der Waals surface area contributed by atoms with Crippen molar-refractivity contribution in [2.75, 3.05) is 41.6 Å². The number of hydrogen-bond donors (Lipinski definition) is 1. The van der Waals surface area contributed by atoms with Crippen molar-refractivity contribution in [1.29, 1.82) is 0 Å². The lowest BCUT2D eigenvalue weighted by Crippen LogP contribution is -2.37. The Hall–Kier alpha value is -3.33. The lowest BCUT2D eigenvalue weighted by atomic mass is 10.1. The molecule has 1 N–H and O–H groups in total. The van der Waals surface area contributed by atoms with E-state index < -0.39 is 0 Å². The predicted octanol–water partition coefficient (Wildman–Crippen LogP) is 5.39. The Morgan fingerprint density at radius 1 is 0.789 bits per heavy atom. The molecule has 0 radical (unpaired) electrons. The monoisotopic (exact) mass is 559 g/mol. The van der Waals surface area contributed by atoms with Gasteiger partial charge in [0.05, 0.1) is 51.1 Å². The largest absolute Gasteiger partial charge is 0.493 e. The molecule has 0 aromatic heterocycles. The van der Waals surface area contributed by atoms with Crippen molar-refractivity contribution < 1.29 is 24.1 Å². The number of halogens is 2. The van der Waals surface area contributed by atoms with Crippen LogP contribution in [0.2, 0.25) is 10.0 Å². The number of rotatable bonds is 10. The zero-order valence-electron chi connectivity index (χ0n) is 21.8. The molecule has 1 unspecified atom stereocenters. The highest BCUT2D eigenvalue weighted by molar-refractivity contribution is 6.38. The third-order valence-corrected chi connectivity index (χ3v) is 7.00. The van der Waals surface area contributed by atoms with Gasteiger partial charge in [-0.1, -0.05) is 41.4 Å². The van der Waals surface area contributed by atoms with Crippen molar-refractivity contribution in [3.05, 3.63) is 75.8 Å². The van der Waals surface area contributed by atoms with Crippen LogP contribution in [0.25, 0.3) is 0 Å². The fourth-order valence-corrected chi connectivity index (χ4v) is 4.96. The summed E-state index contributed by atoms with van der Waals surface area (Å²) in [6, 6.07) is 16.6. The number of aliphatic hydroxyl groups excluding tert-OH is 1. The highest BCUT2D eigenvalue weighted by Crippen LogP contribution is 2.36. The van der Waals surface area contributed by atoms with E-state index in [1.165, 1.54) is 0 Å². The molecule has 1 fully saturated rings. The van der Waals surface area contributed by atoms with E-state index in [2.05, 4.69) is 9.80 Å². The number of hydrogen-bond acceptors (Lipinski definition) is 6. The maximum Gasteiger partial charge on any atom is 0.203 e. The summed E-state index contributed by atoms with van der Waals surface area (Å²) in [5.74, 6) is 3.20. The molecule has 0 bridgehead atoms. The molecule has 202 valence electrons. The van der Waals surface area contributed by atoms with E-state index in [0.717, 1.165) is 11.1 Å². The predicted molar refractivity (Wildman–Crippen MR) is 149 cm³/mol. The van der Waals surface area contributed by atoms with Crippen LogP contribution >= 0.6 is 23.2 Å². The first-order valence-electron chi connectivity index (χ1n) is 12.0. The quantitative estimate of drug-likeness (QED) is 0.356. The second-order valence-electron chi connectivity index (χ2n) is 8.71. The summed E-state index contributed by atoms with van der Waals surface area (Å²) in [7, 11) is 6.42. The van der Waals surface area contributed by atoms with Crippen molar-refractivity contribution in [2.24, 2.45) is 4.99 Å². The molecule has 1 atom stereocenters. The fraction of sp³-hybridized carbons (Fsp3) is 0.321. The molecule has 4 rings (SSSR count). The molecule has 38 heavy (non-hydrogen) atoms. The first-order valence-corrected chi connectivity index (χ1v) is 12.7. The number of benzene rings is 3. The Bertz CT molecular complexity index is 1280. The first-order chi connectivity index (χ1) is 18.4. The molecule has 10 heteroatoms. The molecular formula is C28H31Cl2N3O5. The summed E-state index contributed by atoms with van der Waals surface area (Å²) < 4.78 is 21.8. The van der Waals surface area contributed by atoms with Crippen LogP contribution in [0.3, 0.4) is 0 Å². The molecule has 3 aromatic carbocycles. The van der Waals surface area contributed by atoms with Crippen LogP contribution in [0.1, 0.15) is 11.1 Å². The smallest absolute Gasteiger partial charge is 0.203 e. The maximum atomic E-state index is 10.4. The summed E-state index contributed by atoms with van der Waals surface area (Å²) in [5.41, 5.74) is 2.43. The Balaban J connectivity index is 1.75. The summed E-state index contributed by atoms with van der Waals surface area (Å²) in [4.78, 5) is 9.10. The Morgan fingerprint density at radius 2 is 1.32 bits per heavy atom. The van der Waals surface area contributed by atoms with Crippen LogP contribution in [0.5, 0.6) is 23.0 Å². The summed E-state index contributed by atoms with van der Waals surface area (Å²) >= 11 is 13.0. The van der Waals surface area contributed by atoms with Crippen LogP contribution < -0.4 is 18.9 Å². The Labute approximate surface area is 232 Å². The van der Waals surface area contributed by atoms with E-state index in [0.29, 0.717) is 64.3 Å². The fourth-order valence-electron chi connectivity index (χ4n) is 4.48. The average molecular weight is 560 g/mol. The number of guanidine groups is 1. The highest BCUT2D eigenvalue weighted by atomic mass is 35.5. The van der Waals surface area contributed by atoms with E-state index in [9.17, 15) is 5.11 Å². The van der Waals surface area contributed by atoms with Crippen molar-refractivity contribution in [3.8, 4) is 23.0 Å². The van der Waals surface area contributed by atoms with Crippen molar-refractivity contribution >= 4 is 34.8 Å². The van der Waals surface area contributed by atoms with Gasteiger partial charge in [-0.2, -0.15) is 0 Å². The van der Waals surface area contributed by atoms with Gasteiger partial charge >= 0.3 is 0 Å². The topological polar surface area (TPSA) is 76.0 Å². The van der Waals surface area contributed by atoms with Crippen LogP contribution in [-0.2, 0) is 13.1 Å². The lowest BCUT2D eigenvalue weighted by Gasteiger charge is -2.26. The average Bonchev–Trinajstić information content (AvgIpc) is 3.25.